The van der Waals surface area contributed by atoms with Crippen molar-refractivity contribution in [3.05, 3.63) is 33.5 Å². The molecule has 0 aliphatic rings. The van der Waals surface area contributed by atoms with Gasteiger partial charge in [0.1, 0.15) is 0 Å². The molecule has 0 fully saturated rings. The Bertz CT molecular complexity index is 632. The zero-order chi connectivity index (χ0) is 11.0. The van der Waals surface area contributed by atoms with Gasteiger partial charge in [-0.25, -0.2) is 4.79 Å². The fourth-order valence-corrected chi connectivity index (χ4v) is 1.36. The van der Waals surface area contributed by atoms with Crippen LogP contribution in [0.5, 0.6) is 0 Å². The Balaban J connectivity index is 2.95. The van der Waals surface area contributed by atoms with Gasteiger partial charge in [-0.3, -0.25) is 14.3 Å². The van der Waals surface area contributed by atoms with E-state index in [-0.39, 0.29) is 23.7 Å². The van der Waals surface area contributed by atoms with Crippen molar-refractivity contribution in [3.8, 4) is 0 Å². The van der Waals surface area contributed by atoms with E-state index in [1.807, 2.05) is 0 Å². The number of H-pyrrole nitrogens is 2. The van der Waals surface area contributed by atoms with Crippen LogP contribution < -0.4 is 17.0 Å². The van der Waals surface area contributed by atoms with Gasteiger partial charge < -0.3 is 10.7 Å². The Kier molecular flexibility index (Phi) is 1.93. The van der Waals surface area contributed by atoms with Crippen molar-refractivity contribution in [3.63, 3.8) is 0 Å². The van der Waals surface area contributed by atoms with Crippen LogP contribution in [0.25, 0.3) is 11.2 Å². The standard InChI is InChI=1S/C8H9N5O2/c1-2-3-13-5-4(10-7(9)11-5)6(14)12-8(13)15/h2H,1,3H2,(H3,9,10,11)(H,12,14,15). The predicted molar refractivity (Wildman–Crippen MR) is 55.6 cm³/mol. The van der Waals surface area contributed by atoms with Crippen LogP contribution in [-0.4, -0.2) is 19.5 Å². The highest BCUT2D eigenvalue weighted by Crippen LogP contribution is 2.05. The minimum Gasteiger partial charge on any atom is -0.369 e. The molecule has 0 aromatic carbocycles. The van der Waals surface area contributed by atoms with Gasteiger partial charge in [0, 0.05) is 6.54 Å². The molecule has 0 atom stereocenters. The summed E-state index contributed by atoms with van der Waals surface area (Å²) in [5.74, 6) is 0.0962. The Morgan fingerprint density at radius 1 is 1.47 bits per heavy atom. The van der Waals surface area contributed by atoms with Gasteiger partial charge in [0.15, 0.2) is 17.1 Å². The van der Waals surface area contributed by atoms with E-state index in [4.69, 9.17) is 5.73 Å². The summed E-state index contributed by atoms with van der Waals surface area (Å²) in [4.78, 5) is 31.4. The van der Waals surface area contributed by atoms with Crippen LogP contribution in [0, 0.1) is 0 Å². The molecule has 0 aliphatic carbocycles. The van der Waals surface area contributed by atoms with E-state index in [2.05, 4.69) is 21.5 Å². The number of nitrogens with one attached hydrogen (secondary N) is 2. The predicted octanol–water partition coefficient (Wildman–Crippen LogP) is -0.819. The van der Waals surface area contributed by atoms with Crippen molar-refractivity contribution in [2.24, 2.45) is 0 Å². The van der Waals surface area contributed by atoms with Crippen molar-refractivity contribution in [2.45, 2.75) is 6.54 Å². The van der Waals surface area contributed by atoms with Gasteiger partial charge in [0.05, 0.1) is 0 Å². The van der Waals surface area contributed by atoms with Crippen molar-refractivity contribution in [1.29, 1.82) is 0 Å². The number of aromatic nitrogens is 4. The Morgan fingerprint density at radius 3 is 2.87 bits per heavy atom. The second-order valence-electron chi connectivity index (χ2n) is 2.98. The molecule has 0 saturated heterocycles. The monoisotopic (exact) mass is 207 g/mol. The molecule has 0 spiro atoms. The largest absolute Gasteiger partial charge is 0.369 e. The summed E-state index contributed by atoms with van der Waals surface area (Å²) in [6.45, 7) is 3.77. The number of aromatic amines is 2. The molecule has 2 aromatic rings. The zero-order valence-electron chi connectivity index (χ0n) is 7.78. The van der Waals surface area contributed by atoms with E-state index in [0.29, 0.717) is 0 Å². The van der Waals surface area contributed by atoms with Gasteiger partial charge in [0.25, 0.3) is 5.56 Å². The van der Waals surface area contributed by atoms with E-state index < -0.39 is 11.2 Å². The van der Waals surface area contributed by atoms with Gasteiger partial charge in [-0.1, -0.05) is 6.08 Å². The third-order valence-corrected chi connectivity index (χ3v) is 1.96. The molecule has 0 aliphatic heterocycles. The van der Waals surface area contributed by atoms with Crippen LogP contribution in [0.2, 0.25) is 0 Å². The zero-order valence-corrected chi connectivity index (χ0v) is 7.78. The van der Waals surface area contributed by atoms with Gasteiger partial charge in [-0.2, -0.15) is 4.98 Å². The topological polar surface area (TPSA) is 110 Å². The molecule has 7 nitrogen and oxygen atoms in total. The van der Waals surface area contributed by atoms with Crippen molar-refractivity contribution in [2.75, 3.05) is 5.73 Å². The lowest BCUT2D eigenvalue weighted by atomic mass is 10.5. The fraction of sp³-hybridized carbons (Fsp3) is 0.125. The minimum atomic E-state index is -0.529. The third-order valence-electron chi connectivity index (χ3n) is 1.96. The molecule has 2 rings (SSSR count). The number of allylic oxidation sites excluding steroid dienone is 1. The molecule has 7 heteroatoms. The molecule has 0 unspecified atom stereocenters. The molecule has 0 bridgehead atoms. The van der Waals surface area contributed by atoms with Crippen LogP contribution in [0.4, 0.5) is 5.95 Å². The van der Waals surface area contributed by atoms with Crippen LogP contribution in [0.15, 0.2) is 22.2 Å². The molecule has 0 radical (unpaired) electrons. The van der Waals surface area contributed by atoms with E-state index in [0.717, 1.165) is 0 Å². The molecule has 78 valence electrons. The van der Waals surface area contributed by atoms with Gasteiger partial charge >= 0.3 is 5.69 Å². The number of rotatable bonds is 2. The number of imidazole rings is 1. The van der Waals surface area contributed by atoms with Crippen molar-refractivity contribution in [1.82, 2.24) is 19.5 Å². The Hall–Kier alpha value is -2.31. The summed E-state index contributed by atoms with van der Waals surface area (Å²) in [5.41, 5.74) is 4.78. The maximum Gasteiger partial charge on any atom is 0.330 e. The van der Waals surface area contributed by atoms with E-state index in [1.165, 1.54) is 10.6 Å². The molecule has 2 heterocycles. The second-order valence-corrected chi connectivity index (χ2v) is 2.98. The summed E-state index contributed by atoms with van der Waals surface area (Å²) in [6, 6.07) is 0. The molecule has 15 heavy (non-hydrogen) atoms. The SMILES string of the molecule is C=CCn1c(=O)[nH]c(=O)c2[nH]c(N)nc21. The molecule has 2 aromatic heterocycles. The first-order valence-electron chi connectivity index (χ1n) is 4.22. The maximum atomic E-state index is 11.4. The average Bonchev–Trinajstić information content (AvgIpc) is 2.55. The molecular weight excluding hydrogens is 198 g/mol. The summed E-state index contributed by atoms with van der Waals surface area (Å²) < 4.78 is 1.27. The summed E-state index contributed by atoms with van der Waals surface area (Å²) in [7, 11) is 0. The van der Waals surface area contributed by atoms with Crippen molar-refractivity contribution < 1.29 is 0 Å². The number of hydrogen-bond donors (Lipinski definition) is 3. The first-order chi connectivity index (χ1) is 7.13. The molecule has 4 N–H and O–H groups in total. The number of nitrogens with two attached hydrogens (primary N) is 1. The Labute approximate surface area is 83.3 Å². The van der Waals surface area contributed by atoms with Crippen LogP contribution >= 0.6 is 0 Å². The molecular formula is C8H9N5O2. The van der Waals surface area contributed by atoms with Crippen LogP contribution in [0.1, 0.15) is 0 Å². The first-order valence-corrected chi connectivity index (χ1v) is 4.22. The summed E-state index contributed by atoms with van der Waals surface area (Å²) in [6.07, 6.45) is 1.53. The summed E-state index contributed by atoms with van der Waals surface area (Å²) in [5, 5.41) is 0. The normalized spacial score (nSPS) is 10.7. The number of anilines is 1. The number of nitrogen functional groups attached to an aromatic ring is 1. The smallest absolute Gasteiger partial charge is 0.330 e. The average molecular weight is 207 g/mol. The van der Waals surface area contributed by atoms with E-state index >= 15 is 0 Å². The number of hydrogen-bond acceptors (Lipinski definition) is 4. The van der Waals surface area contributed by atoms with Gasteiger partial charge in [-0.15, -0.1) is 6.58 Å². The highest BCUT2D eigenvalue weighted by molar-refractivity contribution is 5.72. The lowest BCUT2D eigenvalue weighted by Crippen LogP contribution is -2.30. The lowest BCUT2D eigenvalue weighted by Gasteiger charge is -2.00. The summed E-state index contributed by atoms with van der Waals surface area (Å²) >= 11 is 0. The van der Waals surface area contributed by atoms with Gasteiger partial charge in [-0.05, 0) is 0 Å². The molecule has 0 amide bonds. The van der Waals surface area contributed by atoms with E-state index in [9.17, 15) is 9.59 Å². The maximum absolute atomic E-state index is 11.4. The minimum absolute atomic E-state index is 0.0962. The second kappa shape index (κ2) is 3.12. The van der Waals surface area contributed by atoms with E-state index in [1.54, 1.807) is 0 Å². The quantitative estimate of drug-likeness (QED) is 0.559. The van der Waals surface area contributed by atoms with Gasteiger partial charge in [0.2, 0.25) is 0 Å². The Morgan fingerprint density at radius 2 is 2.20 bits per heavy atom. The third kappa shape index (κ3) is 1.33. The lowest BCUT2D eigenvalue weighted by molar-refractivity contribution is 0.766. The van der Waals surface area contributed by atoms with Crippen LogP contribution in [0.3, 0.4) is 0 Å². The first kappa shape index (κ1) is 9.25. The highest BCUT2D eigenvalue weighted by Gasteiger charge is 2.10. The number of fused-ring (bicyclic) bond motifs is 1. The number of nitrogens with zero attached hydrogens (tertiary/aromatic N) is 2. The molecule has 0 saturated carbocycles. The highest BCUT2D eigenvalue weighted by atomic mass is 16.2. The fourth-order valence-electron chi connectivity index (χ4n) is 1.36. The van der Waals surface area contributed by atoms with Crippen LogP contribution in [-0.2, 0) is 6.54 Å². The van der Waals surface area contributed by atoms with Crippen molar-refractivity contribution >= 4 is 17.1 Å².